The maximum absolute atomic E-state index is 12.9. The molecule has 1 aromatic heterocycles. The fraction of sp³-hybridized carbons (Fsp3) is 0.250. The van der Waals surface area contributed by atoms with Crippen LogP contribution in [-0.4, -0.2) is 4.98 Å². The predicted molar refractivity (Wildman–Crippen MR) is 76.7 cm³/mol. The normalized spacial score (nSPS) is 11.7. The minimum absolute atomic E-state index is 0.0514. The fourth-order valence-electron chi connectivity index (χ4n) is 2.10. The topological polar surface area (TPSA) is 48.7 Å². The second-order valence-corrected chi connectivity index (χ2v) is 4.62. The van der Waals surface area contributed by atoms with E-state index in [0.717, 1.165) is 23.4 Å². The molecule has 4 heteroatoms. The van der Waals surface area contributed by atoms with E-state index >= 15 is 0 Å². The van der Waals surface area contributed by atoms with Crippen LogP contribution in [0.4, 0.5) is 10.1 Å². The third-order valence-electron chi connectivity index (χ3n) is 3.23. The minimum Gasteiger partial charge on any atom is -0.376 e. The lowest BCUT2D eigenvalue weighted by atomic mass is 10.1. The van der Waals surface area contributed by atoms with Crippen LogP contribution < -0.4 is 5.32 Å². The molecule has 20 heavy (non-hydrogen) atoms. The molecule has 2 rings (SSSR count). The zero-order valence-electron chi connectivity index (χ0n) is 11.5. The van der Waals surface area contributed by atoms with Crippen LogP contribution >= 0.6 is 0 Å². The number of nitriles is 1. The number of nitrogens with one attached hydrogen (secondary N) is 1. The Balaban J connectivity index is 2.30. The fourth-order valence-corrected chi connectivity index (χ4v) is 2.10. The first-order valence-electron chi connectivity index (χ1n) is 6.53. The minimum atomic E-state index is -0.350. The molecule has 0 fully saturated rings. The number of nitrogens with zero attached hydrogens (tertiary/aromatic N) is 2. The van der Waals surface area contributed by atoms with Crippen molar-refractivity contribution in [2.24, 2.45) is 0 Å². The van der Waals surface area contributed by atoms with Crippen molar-refractivity contribution in [2.45, 2.75) is 26.3 Å². The van der Waals surface area contributed by atoms with Gasteiger partial charge in [-0.15, -0.1) is 0 Å². The summed E-state index contributed by atoms with van der Waals surface area (Å²) in [5.41, 5.74) is 3.11. The van der Waals surface area contributed by atoms with E-state index < -0.39 is 0 Å². The highest BCUT2D eigenvalue weighted by Gasteiger charge is 2.13. The maximum Gasteiger partial charge on any atom is 0.141 e. The number of pyridine rings is 1. The predicted octanol–water partition coefficient (Wildman–Crippen LogP) is 3.96. The summed E-state index contributed by atoms with van der Waals surface area (Å²) in [6, 6.07) is 10.9. The van der Waals surface area contributed by atoms with Crippen LogP contribution in [0.25, 0.3) is 0 Å². The molecular weight excluding hydrogens is 253 g/mol. The number of anilines is 1. The molecule has 3 nitrogen and oxygen atoms in total. The Morgan fingerprint density at radius 1 is 1.35 bits per heavy atom. The third-order valence-corrected chi connectivity index (χ3v) is 3.23. The van der Waals surface area contributed by atoms with Gasteiger partial charge < -0.3 is 5.32 Å². The van der Waals surface area contributed by atoms with Crippen molar-refractivity contribution in [3.8, 4) is 6.07 Å². The summed E-state index contributed by atoms with van der Waals surface area (Å²) in [4.78, 5) is 4.10. The molecular formula is C16H16FN3. The smallest absolute Gasteiger partial charge is 0.141 e. The van der Waals surface area contributed by atoms with Gasteiger partial charge >= 0.3 is 0 Å². The molecule has 102 valence electrons. The summed E-state index contributed by atoms with van der Waals surface area (Å²) in [5, 5.41) is 12.6. The molecule has 1 N–H and O–H groups in total. The van der Waals surface area contributed by atoms with Gasteiger partial charge in [-0.05, 0) is 37.1 Å². The maximum atomic E-state index is 12.9. The first-order chi connectivity index (χ1) is 9.65. The van der Waals surface area contributed by atoms with Gasteiger partial charge in [-0.2, -0.15) is 5.26 Å². The molecule has 0 amide bonds. The lowest BCUT2D eigenvalue weighted by Crippen LogP contribution is -2.12. The Kier molecular flexibility index (Phi) is 4.31. The highest BCUT2D eigenvalue weighted by Crippen LogP contribution is 2.25. The highest BCUT2D eigenvalue weighted by molar-refractivity contribution is 5.61. The molecule has 1 unspecified atom stereocenters. The van der Waals surface area contributed by atoms with Gasteiger partial charge in [0.2, 0.25) is 0 Å². The Morgan fingerprint density at radius 3 is 2.75 bits per heavy atom. The van der Waals surface area contributed by atoms with E-state index in [1.165, 1.54) is 12.3 Å². The molecule has 1 aromatic carbocycles. The van der Waals surface area contributed by atoms with Crippen molar-refractivity contribution in [1.29, 1.82) is 5.26 Å². The molecule has 2 aromatic rings. The summed E-state index contributed by atoms with van der Waals surface area (Å²) in [6.07, 6.45) is 2.00. The summed E-state index contributed by atoms with van der Waals surface area (Å²) in [6.45, 7) is 3.92. The lowest BCUT2D eigenvalue weighted by molar-refractivity contribution is 0.614. The third kappa shape index (κ3) is 2.94. The van der Waals surface area contributed by atoms with E-state index in [2.05, 4.69) is 16.4 Å². The molecule has 0 aliphatic heterocycles. The van der Waals surface area contributed by atoms with Crippen molar-refractivity contribution in [1.82, 2.24) is 4.98 Å². The Bertz CT molecular complexity index is 629. The second kappa shape index (κ2) is 6.16. The average Bonchev–Trinajstić information content (AvgIpc) is 2.46. The molecule has 0 aliphatic rings. The van der Waals surface area contributed by atoms with Crippen LogP contribution in [0, 0.1) is 24.1 Å². The standard InChI is InChI=1S/C16H16FN3/c1-3-14(16-8-7-12(17)10-19-16)20-15-6-4-5-11(2)13(15)9-18/h4-8,10,14,20H,3H2,1-2H3. The summed E-state index contributed by atoms with van der Waals surface area (Å²) in [7, 11) is 0. The van der Waals surface area contributed by atoms with Gasteiger partial charge in [0.1, 0.15) is 11.9 Å². The SMILES string of the molecule is CCC(Nc1cccc(C)c1C#N)c1ccc(F)cn1. The number of hydrogen-bond acceptors (Lipinski definition) is 3. The molecule has 0 saturated carbocycles. The quantitative estimate of drug-likeness (QED) is 0.913. The van der Waals surface area contributed by atoms with Crippen molar-refractivity contribution in [3.63, 3.8) is 0 Å². The Hall–Kier alpha value is -2.41. The average molecular weight is 269 g/mol. The van der Waals surface area contributed by atoms with Gasteiger partial charge in [0.25, 0.3) is 0 Å². The van der Waals surface area contributed by atoms with Crippen LogP contribution in [0.1, 0.15) is 36.2 Å². The molecule has 1 heterocycles. The number of aryl methyl sites for hydroxylation is 1. The Labute approximate surface area is 118 Å². The zero-order chi connectivity index (χ0) is 14.5. The second-order valence-electron chi connectivity index (χ2n) is 4.62. The monoisotopic (exact) mass is 269 g/mol. The van der Waals surface area contributed by atoms with Crippen molar-refractivity contribution in [3.05, 3.63) is 59.2 Å². The van der Waals surface area contributed by atoms with Gasteiger partial charge in [-0.3, -0.25) is 4.98 Å². The molecule has 0 radical (unpaired) electrons. The molecule has 1 atom stereocenters. The van der Waals surface area contributed by atoms with Crippen LogP contribution in [-0.2, 0) is 0 Å². The molecule has 0 bridgehead atoms. The number of halogens is 1. The molecule has 0 spiro atoms. The largest absolute Gasteiger partial charge is 0.376 e. The van der Waals surface area contributed by atoms with Crippen LogP contribution in [0.5, 0.6) is 0 Å². The summed E-state index contributed by atoms with van der Waals surface area (Å²) < 4.78 is 12.9. The number of aromatic nitrogens is 1. The van der Waals surface area contributed by atoms with E-state index in [-0.39, 0.29) is 11.9 Å². The first-order valence-corrected chi connectivity index (χ1v) is 6.53. The van der Waals surface area contributed by atoms with Crippen LogP contribution in [0.15, 0.2) is 36.5 Å². The van der Waals surface area contributed by atoms with Crippen molar-refractivity contribution < 1.29 is 4.39 Å². The number of benzene rings is 1. The van der Waals surface area contributed by atoms with Crippen LogP contribution in [0.2, 0.25) is 0 Å². The van der Waals surface area contributed by atoms with Gasteiger partial charge in [-0.25, -0.2) is 4.39 Å². The highest BCUT2D eigenvalue weighted by atomic mass is 19.1. The van der Waals surface area contributed by atoms with E-state index in [4.69, 9.17) is 0 Å². The first kappa shape index (κ1) is 14.0. The van der Waals surface area contributed by atoms with Gasteiger partial charge in [0, 0.05) is 0 Å². The molecule has 0 saturated heterocycles. The van der Waals surface area contributed by atoms with E-state index in [1.54, 1.807) is 6.07 Å². The van der Waals surface area contributed by atoms with Crippen molar-refractivity contribution >= 4 is 5.69 Å². The lowest BCUT2D eigenvalue weighted by Gasteiger charge is -2.19. The number of rotatable bonds is 4. The van der Waals surface area contributed by atoms with Gasteiger partial charge in [-0.1, -0.05) is 19.1 Å². The summed E-state index contributed by atoms with van der Waals surface area (Å²) in [5.74, 6) is -0.350. The zero-order valence-corrected chi connectivity index (χ0v) is 11.5. The summed E-state index contributed by atoms with van der Waals surface area (Å²) >= 11 is 0. The van der Waals surface area contributed by atoms with E-state index in [9.17, 15) is 9.65 Å². The van der Waals surface area contributed by atoms with Gasteiger partial charge in [0.15, 0.2) is 0 Å². The van der Waals surface area contributed by atoms with E-state index in [0.29, 0.717) is 5.56 Å². The molecule has 0 aliphatic carbocycles. The number of hydrogen-bond donors (Lipinski definition) is 1. The van der Waals surface area contributed by atoms with Gasteiger partial charge in [0.05, 0.1) is 29.2 Å². The van der Waals surface area contributed by atoms with Crippen LogP contribution in [0.3, 0.4) is 0 Å². The van der Waals surface area contributed by atoms with Crippen molar-refractivity contribution in [2.75, 3.05) is 5.32 Å². The van der Waals surface area contributed by atoms with E-state index in [1.807, 2.05) is 32.0 Å². The Morgan fingerprint density at radius 2 is 2.15 bits per heavy atom.